The molecule has 0 amide bonds. The van der Waals surface area contributed by atoms with Crippen LogP contribution in [0.25, 0.3) is 0 Å². The number of pyridine rings is 1. The quantitative estimate of drug-likeness (QED) is 0.470. The van der Waals surface area contributed by atoms with Crippen LogP contribution in [0.2, 0.25) is 0 Å². The van der Waals surface area contributed by atoms with Gasteiger partial charge in [-0.15, -0.1) is 0 Å². The van der Waals surface area contributed by atoms with Crippen molar-refractivity contribution in [3.63, 3.8) is 0 Å². The van der Waals surface area contributed by atoms with Gasteiger partial charge in [0.1, 0.15) is 5.71 Å². The van der Waals surface area contributed by atoms with E-state index < -0.39 is 22.0 Å². The predicted octanol–water partition coefficient (Wildman–Crippen LogP) is 1.85. The molecule has 0 atom stereocenters. The number of carbonyl (C=O) groups excluding carboxylic acids is 1. The van der Waals surface area contributed by atoms with Crippen molar-refractivity contribution in [2.24, 2.45) is 5.16 Å². The second-order valence-electron chi connectivity index (χ2n) is 5.83. The number of allylic oxidation sites excluding steroid dienone is 2. The molecule has 9 nitrogen and oxygen atoms in total. The number of nitrogens with zero attached hydrogens (tertiary/aromatic N) is 3. The Labute approximate surface area is 159 Å². The van der Waals surface area contributed by atoms with Gasteiger partial charge in [-0.05, 0) is 36.4 Å². The first-order chi connectivity index (χ1) is 13.4. The molecular weight excluding hydrogens is 386 g/mol. The van der Waals surface area contributed by atoms with Crippen LogP contribution in [-0.4, -0.2) is 35.5 Å². The molecule has 2 aliphatic rings. The third kappa shape index (κ3) is 3.50. The highest BCUT2D eigenvalue weighted by Gasteiger charge is 2.30. The standard InChI is InChI=1S/C18H13N3O6S/c22-18-12(17(20-27-18)13-5-3-4-10-19-13)8-9-16-21(11-28(23,24)25)14-6-1-2-7-15(14)26-16/h1-10H,11H2,(H,23,24,25)/b12-8-,16-9-. The maximum Gasteiger partial charge on any atom is 0.368 e. The Morgan fingerprint density at radius 1 is 1.11 bits per heavy atom. The average molecular weight is 399 g/mol. The molecule has 0 aliphatic carbocycles. The van der Waals surface area contributed by atoms with Gasteiger partial charge in [0.2, 0.25) is 5.88 Å². The summed E-state index contributed by atoms with van der Waals surface area (Å²) in [5.41, 5.74) is 1.30. The van der Waals surface area contributed by atoms with E-state index in [1.807, 2.05) is 0 Å². The van der Waals surface area contributed by atoms with Crippen molar-refractivity contribution in [2.75, 3.05) is 10.8 Å². The number of para-hydroxylation sites is 2. The molecule has 2 aliphatic heterocycles. The van der Waals surface area contributed by atoms with E-state index in [1.165, 1.54) is 17.1 Å². The predicted molar refractivity (Wildman–Crippen MR) is 99.0 cm³/mol. The van der Waals surface area contributed by atoms with Crippen LogP contribution in [0.3, 0.4) is 0 Å². The Morgan fingerprint density at radius 2 is 1.89 bits per heavy atom. The number of oxime groups is 1. The zero-order valence-corrected chi connectivity index (χ0v) is 15.0. The van der Waals surface area contributed by atoms with Crippen molar-refractivity contribution in [1.29, 1.82) is 0 Å². The van der Waals surface area contributed by atoms with Crippen molar-refractivity contribution in [3.05, 3.63) is 78.0 Å². The molecule has 10 heteroatoms. The minimum Gasteiger partial charge on any atom is -0.439 e. The van der Waals surface area contributed by atoms with Gasteiger partial charge in [0.15, 0.2) is 11.6 Å². The van der Waals surface area contributed by atoms with Crippen molar-refractivity contribution >= 4 is 27.5 Å². The lowest BCUT2D eigenvalue weighted by Crippen LogP contribution is -2.27. The zero-order valence-electron chi connectivity index (χ0n) is 14.2. The fraction of sp³-hybridized carbons (Fsp3) is 0.0556. The summed E-state index contributed by atoms with van der Waals surface area (Å²) in [6.07, 6.45) is 4.37. The minimum atomic E-state index is -4.33. The Kier molecular flexibility index (Phi) is 4.41. The van der Waals surface area contributed by atoms with E-state index in [9.17, 15) is 17.8 Å². The fourth-order valence-electron chi connectivity index (χ4n) is 2.74. The van der Waals surface area contributed by atoms with Gasteiger partial charge in [0, 0.05) is 6.20 Å². The van der Waals surface area contributed by atoms with Gasteiger partial charge in [0.25, 0.3) is 10.1 Å². The van der Waals surface area contributed by atoms with E-state index in [2.05, 4.69) is 10.1 Å². The molecule has 1 N–H and O–H groups in total. The van der Waals surface area contributed by atoms with E-state index in [0.717, 1.165) is 0 Å². The Balaban J connectivity index is 1.71. The third-order valence-electron chi connectivity index (χ3n) is 3.92. The number of fused-ring (bicyclic) bond motifs is 1. The van der Waals surface area contributed by atoms with Crippen LogP contribution in [-0.2, 0) is 19.8 Å². The van der Waals surface area contributed by atoms with Gasteiger partial charge in [0.05, 0.1) is 17.0 Å². The maximum absolute atomic E-state index is 12.0. The Bertz CT molecular complexity index is 1140. The van der Waals surface area contributed by atoms with Gasteiger partial charge in [-0.25, -0.2) is 4.79 Å². The first-order valence-corrected chi connectivity index (χ1v) is 9.66. The molecule has 0 unspecified atom stereocenters. The molecule has 4 rings (SSSR count). The molecule has 0 radical (unpaired) electrons. The van der Waals surface area contributed by atoms with Crippen LogP contribution in [0.15, 0.2) is 77.4 Å². The highest BCUT2D eigenvalue weighted by Crippen LogP contribution is 2.38. The largest absolute Gasteiger partial charge is 0.439 e. The number of benzene rings is 1. The molecule has 0 saturated heterocycles. The summed E-state index contributed by atoms with van der Waals surface area (Å²) in [6.45, 7) is 0. The first kappa shape index (κ1) is 17.9. The highest BCUT2D eigenvalue weighted by molar-refractivity contribution is 7.85. The Hall–Kier alpha value is -3.50. The van der Waals surface area contributed by atoms with Crippen molar-refractivity contribution in [3.8, 4) is 5.75 Å². The second kappa shape index (κ2) is 6.91. The summed E-state index contributed by atoms with van der Waals surface area (Å²) in [5.74, 6) is -0.839. The number of aromatic nitrogens is 1. The van der Waals surface area contributed by atoms with Gasteiger partial charge < -0.3 is 9.57 Å². The number of carbonyl (C=O) groups is 1. The van der Waals surface area contributed by atoms with Crippen molar-refractivity contribution in [1.82, 2.24) is 4.98 Å². The van der Waals surface area contributed by atoms with E-state index in [1.54, 1.807) is 48.7 Å². The van der Waals surface area contributed by atoms with Gasteiger partial charge in [-0.3, -0.25) is 14.4 Å². The summed E-state index contributed by atoms with van der Waals surface area (Å²) in [6, 6.07) is 11.9. The van der Waals surface area contributed by atoms with Crippen LogP contribution >= 0.6 is 0 Å². The second-order valence-corrected chi connectivity index (χ2v) is 7.25. The summed E-state index contributed by atoms with van der Waals surface area (Å²) in [5, 5.41) is 3.75. The maximum atomic E-state index is 12.0. The van der Waals surface area contributed by atoms with Gasteiger partial charge in [-0.1, -0.05) is 23.4 Å². The molecule has 142 valence electrons. The van der Waals surface area contributed by atoms with Gasteiger partial charge >= 0.3 is 5.97 Å². The molecule has 2 aromatic rings. The van der Waals surface area contributed by atoms with Crippen LogP contribution in [0.5, 0.6) is 5.75 Å². The fourth-order valence-corrected chi connectivity index (χ4v) is 3.34. The molecule has 3 heterocycles. The molecule has 0 bridgehead atoms. The summed E-state index contributed by atoms with van der Waals surface area (Å²) >= 11 is 0. The number of hydrogen-bond donors (Lipinski definition) is 1. The first-order valence-electron chi connectivity index (χ1n) is 8.05. The summed E-state index contributed by atoms with van der Waals surface area (Å²) in [7, 11) is -4.33. The minimum absolute atomic E-state index is 0.117. The molecule has 0 spiro atoms. The third-order valence-corrected chi connectivity index (χ3v) is 4.51. The monoisotopic (exact) mass is 399 g/mol. The lowest BCUT2D eigenvalue weighted by atomic mass is 10.1. The number of ether oxygens (including phenoxy) is 1. The van der Waals surface area contributed by atoms with Crippen LogP contribution in [0.4, 0.5) is 5.69 Å². The Morgan fingerprint density at radius 3 is 2.64 bits per heavy atom. The molecule has 1 aromatic heterocycles. The number of rotatable bonds is 4. The number of anilines is 1. The molecular formula is C18H13N3O6S. The van der Waals surface area contributed by atoms with E-state index in [-0.39, 0.29) is 17.2 Å². The summed E-state index contributed by atoms with van der Waals surface area (Å²) < 4.78 is 37.7. The zero-order chi connectivity index (χ0) is 19.7. The smallest absolute Gasteiger partial charge is 0.368 e. The molecule has 0 saturated carbocycles. The van der Waals surface area contributed by atoms with Crippen LogP contribution in [0, 0.1) is 0 Å². The van der Waals surface area contributed by atoms with Crippen molar-refractivity contribution < 1.29 is 27.3 Å². The van der Waals surface area contributed by atoms with E-state index >= 15 is 0 Å². The normalized spacial score (nSPS) is 18.8. The topological polar surface area (TPSA) is 118 Å². The van der Waals surface area contributed by atoms with Crippen LogP contribution in [0.1, 0.15) is 5.69 Å². The van der Waals surface area contributed by atoms with Crippen molar-refractivity contribution in [2.45, 2.75) is 0 Å². The van der Waals surface area contributed by atoms with E-state index in [0.29, 0.717) is 17.1 Å². The highest BCUT2D eigenvalue weighted by atomic mass is 32.2. The lowest BCUT2D eigenvalue weighted by molar-refractivity contribution is -0.136. The molecule has 28 heavy (non-hydrogen) atoms. The summed E-state index contributed by atoms with van der Waals surface area (Å²) in [4.78, 5) is 22.2. The molecule has 0 fully saturated rings. The van der Waals surface area contributed by atoms with E-state index in [4.69, 9.17) is 9.57 Å². The van der Waals surface area contributed by atoms with Gasteiger partial charge in [-0.2, -0.15) is 8.42 Å². The van der Waals surface area contributed by atoms with Crippen LogP contribution < -0.4 is 9.64 Å². The molecule has 1 aromatic carbocycles. The number of hydrogen-bond acceptors (Lipinski definition) is 8. The average Bonchev–Trinajstić information content (AvgIpc) is 3.20. The SMILES string of the molecule is O=C1ON=C(c2ccccn2)/C1=C/C=C1\Oc2ccccc2N1CS(=O)(=O)O. The lowest BCUT2D eigenvalue weighted by Gasteiger charge is -2.15.